The van der Waals surface area contributed by atoms with Crippen LogP contribution in [0.15, 0.2) is 58.6 Å². The second-order valence-electron chi connectivity index (χ2n) is 7.99. The Morgan fingerprint density at radius 2 is 2.03 bits per heavy atom. The number of carbonyl (C=O) groups is 1. The average molecular weight is 410 g/mol. The minimum absolute atomic E-state index is 0.185. The van der Waals surface area contributed by atoms with Gasteiger partial charge in [-0.2, -0.15) is 0 Å². The number of allylic oxidation sites excluding steroid dienone is 1. The molecular weight excluding hydrogens is 388 g/mol. The molecule has 0 spiro atoms. The molecule has 31 heavy (non-hydrogen) atoms. The van der Waals surface area contributed by atoms with Crippen molar-refractivity contribution in [2.75, 3.05) is 5.32 Å². The highest BCUT2D eigenvalue weighted by molar-refractivity contribution is 5.86. The highest BCUT2D eigenvalue weighted by Crippen LogP contribution is 2.42. The Balaban J connectivity index is 1.26. The number of aryl methyl sites for hydroxylation is 1. The third-order valence-electron chi connectivity index (χ3n) is 5.60. The number of nitrogens with zero attached hydrogens (tertiary/aromatic N) is 1. The van der Waals surface area contributed by atoms with Crippen LogP contribution in [0.2, 0.25) is 0 Å². The smallest absolute Gasteiger partial charge is 0.412 e. The highest BCUT2D eigenvalue weighted by Gasteiger charge is 2.28. The molecular formula is C26H22N2O3. The molecule has 1 heterocycles. The van der Waals surface area contributed by atoms with Gasteiger partial charge in [-0.15, -0.1) is 0 Å². The Morgan fingerprint density at radius 1 is 1.19 bits per heavy atom. The zero-order chi connectivity index (χ0) is 21.2. The van der Waals surface area contributed by atoms with Crippen molar-refractivity contribution in [1.82, 2.24) is 5.16 Å². The van der Waals surface area contributed by atoms with Crippen molar-refractivity contribution in [3.8, 4) is 11.8 Å². The van der Waals surface area contributed by atoms with E-state index >= 15 is 0 Å². The maximum absolute atomic E-state index is 12.2. The van der Waals surface area contributed by atoms with Gasteiger partial charge >= 0.3 is 6.09 Å². The summed E-state index contributed by atoms with van der Waals surface area (Å²) in [4.78, 5) is 12.2. The predicted octanol–water partition coefficient (Wildman–Crippen LogP) is 5.48. The predicted molar refractivity (Wildman–Crippen MR) is 118 cm³/mol. The minimum Gasteiger partial charge on any atom is -0.444 e. The molecule has 2 aromatic carbocycles. The number of aromatic nitrogens is 1. The standard InChI is InChI=1S/C26H22N2O3/c1-17-25(27-26(29)30-16-19-5-3-2-4-6-19)24(31-28-17)12-8-18-7-9-21-14-23(20-10-11-20)15-22(21)13-18/h2-7,9,13-14,20H,10-11,15-16H2,1H3,(H,27,29). The van der Waals surface area contributed by atoms with E-state index in [9.17, 15) is 4.79 Å². The lowest BCUT2D eigenvalue weighted by Crippen LogP contribution is -2.14. The molecule has 5 heteroatoms. The molecule has 154 valence electrons. The van der Waals surface area contributed by atoms with Crippen LogP contribution in [-0.2, 0) is 17.8 Å². The van der Waals surface area contributed by atoms with Gasteiger partial charge in [0, 0.05) is 5.56 Å². The second kappa shape index (κ2) is 8.16. The molecule has 0 atom stereocenters. The largest absolute Gasteiger partial charge is 0.444 e. The number of anilines is 1. The molecule has 0 unspecified atom stereocenters. The van der Waals surface area contributed by atoms with Gasteiger partial charge < -0.3 is 9.26 Å². The number of carbonyl (C=O) groups excluding carboxylic acids is 1. The third-order valence-corrected chi connectivity index (χ3v) is 5.60. The van der Waals surface area contributed by atoms with E-state index < -0.39 is 6.09 Å². The van der Waals surface area contributed by atoms with E-state index in [1.54, 1.807) is 12.5 Å². The number of amides is 1. The molecule has 5 nitrogen and oxygen atoms in total. The fourth-order valence-corrected chi connectivity index (χ4v) is 3.76. The summed E-state index contributed by atoms with van der Waals surface area (Å²) in [5.41, 5.74) is 6.98. The van der Waals surface area contributed by atoms with Crippen LogP contribution in [0, 0.1) is 24.7 Å². The Labute approximate surface area is 181 Å². The quantitative estimate of drug-likeness (QED) is 0.579. The number of benzene rings is 2. The van der Waals surface area contributed by atoms with Crippen LogP contribution in [0.25, 0.3) is 6.08 Å². The molecule has 1 aromatic heterocycles. The molecule has 1 amide bonds. The van der Waals surface area contributed by atoms with Gasteiger partial charge in [-0.1, -0.05) is 59.1 Å². The van der Waals surface area contributed by atoms with Crippen LogP contribution in [0.1, 0.15) is 46.5 Å². The van der Waals surface area contributed by atoms with Gasteiger partial charge in [-0.3, -0.25) is 5.32 Å². The number of hydrogen-bond donors (Lipinski definition) is 1. The van der Waals surface area contributed by atoms with Gasteiger partial charge in [0.05, 0.1) is 0 Å². The zero-order valence-electron chi connectivity index (χ0n) is 17.3. The fourth-order valence-electron chi connectivity index (χ4n) is 3.76. The van der Waals surface area contributed by atoms with Crippen molar-refractivity contribution in [1.29, 1.82) is 0 Å². The van der Waals surface area contributed by atoms with Gasteiger partial charge in [-0.05, 0) is 66.8 Å². The second-order valence-corrected chi connectivity index (χ2v) is 7.99. The summed E-state index contributed by atoms with van der Waals surface area (Å²) in [6.07, 6.45) is 5.42. The Hall–Kier alpha value is -3.78. The van der Waals surface area contributed by atoms with E-state index in [-0.39, 0.29) is 6.61 Å². The van der Waals surface area contributed by atoms with Crippen LogP contribution in [0.3, 0.4) is 0 Å². The van der Waals surface area contributed by atoms with E-state index in [4.69, 9.17) is 9.26 Å². The summed E-state index contributed by atoms with van der Waals surface area (Å²) in [6.45, 7) is 1.94. The van der Waals surface area contributed by atoms with Gasteiger partial charge in [0.15, 0.2) is 0 Å². The van der Waals surface area contributed by atoms with Crippen molar-refractivity contribution < 1.29 is 14.1 Å². The number of ether oxygens (including phenoxy) is 1. The molecule has 0 aliphatic heterocycles. The zero-order valence-corrected chi connectivity index (χ0v) is 17.3. The number of nitrogens with one attached hydrogen (secondary N) is 1. The topological polar surface area (TPSA) is 64.4 Å². The molecule has 5 rings (SSSR count). The van der Waals surface area contributed by atoms with Gasteiger partial charge in [0.1, 0.15) is 18.0 Å². The Kier molecular flexibility index (Phi) is 5.05. The van der Waals surface area contributed by atoms with Crippen molar-refractivity contribution in [3.05, 3.63) is 87.8 Å². The van der Waals surface area contributed by atoms with E-state index in [1.165, 1.54) is 24.0 Å². The molecule has 3 aromatic rings. The first-order chi connectivity index (χ1) is 15.2. The normalized spacial score (nSPS) is 14.3. The molecule has 1 N–H and O–H groups in total. The molecule has 0 radical (unpaired) electrons. The summed E-state index contributed by atoms with van der Waals surface area (Å²) in [7, 11) is 0. The molecule has 1 saturated carbocycles. The third kappa shape index (κ3) is 4.39. The Bertz CT molecular complexity index is 1220. The maximum atomic E-state index is 12.2. The number of rotatable bonds is 4. The highest BCUT2D eigenvalue weighted by atomic mass is 16.5. The molecule has 2 aliphatic rings. The summed E-state index contributed by atoms with van der Waals surface area (Å²) in [5.74, 6) is 7.23. The lowest BCUT2D eigenvalue weighted by Gasteiger charge is -2.06. The first kappa shape index (κ1) is 19.2. The summed E-state index contributed by atoms with van der Waals surface area (Å²) in [6, 6.07) is 15.8. The Morgan fingerprint density at radius 3 is 2.84 bits per heavy atom. The lowest BCUT2D eigenvalue weighted by molar-refractivity contribution is 0.155. The van der Waals surface area contributed by atoms with E-state index in [2.05, 4.69) is 40.5 Å². The van der Waals surface area contributed by atoms with E-state index in [0.717, 1.165) is 23.5 Å². The van der Waals surface area contributed by atoms with Crippen LogP contribution >= 0.6 is 0 Å². The van der Waals surface area contributed by atoms with Crippen molar-refractivity contribution in [2.24, 2.45) is 5.92 Å². The van der Waals surface area contributed by atoms with Crippen LogP contribution in [0.5, 0.6) is 0 Å². The van der Waals surface area contributed by atoms with Gasteiger partial charge in [-0.25, -0.2) is 4.79 Å². The fraction of sp³-hybridized carbons (Fsp3) is 0.231. The molecule has 1 fully saturated rings. The van der Waals surface area contributed by atoms with Crippen molar-refractivity contribution >= 4 is 17.9 Å². The van der Waals surface area contributed by atoms with Crippen molar-refractivity contribution in [2.45, 2.75) is 32.8 Å². The average Bonchev–Trinajstić information content (AvgIpc) is 3.47. The van der Waals surface area contributed by atoms with Crippen LogP contribution in [-0.4, -0.2) is 11.2 Å². The van der Waals surface area contributed by atoms with Crippen LogP contribution in [0.4, 0.5) is 10.5 Å². The van der Waals surface area contributed by atoms with E-state index in [1.807, 2.05) is 36.4 Å². The first-order valence-electron chi connectivity index (χ1n) is 10.4. The lowest BCUT2D eigenvalue weighted by atomic mass is 10.0. The SMILES string of the molecule is Cc1noc(C#Cc2ccc3c(c2)CC(C2CC2)=C3)c1NC(=O)OCc1ccccc1. The molecule has 0 bridgehead atoms. The van der Waals surface area contributed by atoms with Gasteiger partial charge in [0.25, 0.3) is 0 Å². The summed E-state index contributed by atoms with van der Waals surface area (Å²) >= 11 is 0. The van der Waals surface area contributed by atoms with Gasteiger partial charge in [0.2, 0.25) is 5.76 Å². The molecule has 0 saturated heterocycles. The molecule has 2 aliphatic carbocycles. The number of fused-ring (bicyclic) bond motifs is 1. The minimum atomic E-state index is -0.575. The maximum Gasteiger partial charge on any atom is 0.412 e. The van der Waals surface area contributed by atoms with Crippen molar-refractivity contribution in [3.63, 3.8) is 0 Å². The summed E-state index contributed by atoms with van der Waals surface area (Å²) < 4.78 is 10.6. The first-order valence-corrected chi connectivity index (χ1v) is 10.4. The number of hydrogen-bond acceptors (Lipinski definition) is 4. The van der Waals surface area contributed by atoms with Crippen LogP contribution < -0.4 is 5.32 Å². The summed E-state index contributed by atoms with van der Waals surface area (Å²) in [5, 5.41) is 6.64. The monoisotopic (exact) mass is 410 g/mol. The van der Waals surface area contributed by atoms with E-state index in [0.29, 0.717) is 17.1 Å².